The molecule has 26 heavy (non-hydrogen) atoms. The van der Waals surface area contributed by atoms with E-state index in [1.165, 1.54) is 24.3 Å². The second kappa shape index (κ2) is 9.71. The molecule has 0 atom stereocenters. The van der Waals surface area contributed by atoms with Crippen LogP contribution in [0.2, 0.25) is 0 Å². The quantitative estimate of drug-likeness (QED) is 0.648. The smallest absolute Gasteiger partial charge is 0.387 e. The van der Waals surface area contributed by atoms with Gasteiger partial charge < -0.3 is 19.5 Å². The Hall–Kier alpha value is -2.68. The minimum Gasteiger partial charge on any atom is -0.482 e. The van der Waals surface area contributed by atoms with E-state index in [2.05, 4.69) is 26.0 Å². The first-order valence-electron chi connectivity index (χ1n) is 7.31. The van der Waals surface area contributed by atoms with Crippen molar-refractivity contribution in [2.75, 3.05) is 18.5 Å². The van der Waals surface area contributed by atoms with Crippen LogP contribution in [0.4, 0.5) is 14.5 Å². The number of anilines is 1. The fraction of sp³-hybridized carbons (Fsp3) is 0.176. The molecule has 0 radical (unpaired) electrons. The fourth-order valence-electron chi connectivity index (χ4n) is 1.80. The van der Waals surface area contributed by atoms with Crippen LogP contribution < -0.4 is 14.8 Å². The molecule has 138 valence electrons. The number of hydrogen-bond donors (Lipinski definition) is 1. The maximum absolute atomic E-state index is 12.0. The molecule has 0 fully saturated rings. The summed E-state index contributed by atoms with van der Waals surface area (Å²) < 4.78 is 39.1. The molecule has 6 nitrogen and oxygen atoms in total. The average molecular weight is 430 g/mol. The van der Waals surface area contributed by atoms with Gasteiger partial charge in [-0.25, -0.2) is 4.79 Å². The fourth-order valence-corrected chi connectivity index (χ4v) is 2.18. The Morgan fingerprint density at radius 2 is 1.77 bits per heavy atom. The van der Waals surface area contributed by atoms with Gasteiger partial charge in [-0.3, -0.25) is 4.79 Å². The van der Waals surface area contributed by atoms with Crippen LogP contribution >= 0.6 is 15.9 Å². The summed E-state index contributed by atoms with van der Waals surface area (Å²) in [6.07, 6.45) is 0. The van der Waals surface area contributed by atoms with Gasteiger partial charge >= 0.3 is 12.6 Å². The first-order valence-corrected chi connectivity index (χ1v) is 8.10. The van der Waals surface area contributed by atoms with Crippen LogP contribution in [-0.4, -0.2) is 31.7 Å². The van der Waals surface area contributed by atoms with Crippen molar-refractivity contribution in [2.24, 2.45) is 0 Å². The molecular formula is C17H14BrF2NO5. The Balaban J connectivity index is 1.71. The molecule has 0 aliphatic carbocycles. The number of alkyl halides is 2. The Labute approximate surface area is 156 Å². The van der Waals surface area contributed by atoms with Gasteiger partial charge in [0.15, 0.2) is 13.2 Å². The lowest BCUT2D eigenvalue weighted by atomic mass is 10.3. The molecule has 1 amide bonds. The molecule has 2 rings (SSSR count). The van der Waals surface area contributed by atoms with E-state index < -0.39 is 25.1 Å². The van der Waals surface area contributed by atoms with E-state index >= 15 is 0 Å². The van der Waals surface area contributed by atoms with Crippen LogP contribution in [0.5, 0.6) is 11.5 Å². The molecule has 2 aromatic rings. The molecule has 2 aromatic carbocycles. The van der Waals surface area contributed by atoms with Crippen molar-refractivity contribution >= 4 is 33.5 Å². The van der Waals surface area contributed by atoms with E-state index in [0.29, 0.717) is 11.4 Å². The van der Waals surface area contributed by atoms with Gasteiger partial charge in [0.2, 0.25) is 0 Å². The van der Waals surface area contributed by atoms with E-state index in [1.54, 1.807) is 18.2 Å². The van der Waals surface area contributed by atoms with E-state index in [9.17, 15) is 18.4 Å². The number of carbonyl (C=O) groups excluding carboxylic acids is 2. The molecule has 0 aromatic heterocycles. The number of nitrogens with one attached hydrogen (secondary N) is 1. The lowest BCUT2D eigenvalue weighted by Gasteiger charge is -2.09. The number of hydrogen-bond acceptors (Lipinski definition) is 5. The SMILES string of the molecule is O=C(COC(=O)COc1cccc(Br)c1)Nc1ccc(OC(F)F)cc1. The number of halogens is 3. The van der Waals surface area contributed by atoms with Gasteiger partial charge in [0, 0.05) is 10.2 Å². The summed E-state index contributed by atoms with van der Waals surface area (Å²) in [6.45, 7) is -3.77. The molecule has 0 bridgehead atoms. The Kier molecular flexibility index (Phi) is 7.34. The van der Waals surface area contributed by atoms with Gasteiger partial charge in [-0.1, -0.05) is 22.0 Å². The highest BCUT2D eigenvalue weighted by molar-refractivity contribution is 9.10. The van der Waals surface area contributed by atoms with Crippen molar-refractivity contribution in [2.45, 2.75) is 6.61 Å². The largest absolute Gasteiger partial charge is 0.482 e. The predicted octanol–water partition coefficient (Wildman–Crippen LogP) is 3.61. The summed E-state index contributed by atoms with van der Waals surface area (Å²) in [5.41, 5.74) is 0.345. The van der Waals surface area contributed by atoms with Crippen LogP contribution in [0.1, 0.15) is 0 Å². The van der Waals surface area contributed by atoms with Crippen LogP contribution in [0.25, 0.3) is 0 Å². The second-order valence-corrected chi connectivity index (χ2v) is 5.77. The minimum absolute atomic E-state index is 0.0332. The highest BCUT2D eigenvalue weighted by Gasteiger charge is 2.10. The van der Waals surface area contributed by atoms with Gasteiger partial charge in [-0.2, -0.15) is 8.78 Å². The lowest BCUT2D eigenvalue weighted by molar-refractivity contribution is -0.149. The van der Waals surface area contributed by atoms with Gasteiger partial charge in [0.1, 0.15) is 11.5 Å². The molecule has 0 heterocycles. The molecule has 0 spiro atoms. The Morgan fingerprint density at radius 1 is 1.04 bits per heavy atom. The minimum atomic E-state index is -2.92. The van der Waals surface area contributed by atoms with Gasteiger partial charge in [-0.15, -0.1) is 0 Å². The molecule has 0 aliphatic heterocycles. The van der Waals surface area contributed by atoms with Gasteiger partial charge in [-0.05, 0) is 42.5 Å². The summed E-state index contributed by atoms with van der Waals surface area (Å²) in [5.74, 6) is -0.842. The molecule has 0 saturated heterocycles. The molecule has 0 unspecified atom stereocenters. The third-order valence-corrected chi connectivity index (χ3v) is 3.37. The molecular weight excluding hydrogens is 416 g/mol. The molecule has 9 heteroatoms. The summed E-state index contributed by atoms with van der Waals surface area (Å²) in [4.78, 5) is 23.3. The van der Waals surface area contributed by atoms with Crippen molar-refractivity contribution in [1.82, 2.24) is 0 Å². The number of benzene rings is 2. The van der Waals surface area contributed by atoms with E-state index in [1.807, 2.05) is 6.07 Å². The van der Waals surface area contributed by atoms with Crippen LogP contribution in [-0.2, 0) is 14.3 Å². The summed E-state index contributed by atoms with van der Waals surface area (Å²) in [6, 6.07) is 12.2. The van der Waals surface area contributed by atoms with E-state index in [0.717, 1.165) is 4.47 Å². The number of amides is 1. The van der Waals surface area contributed by atoms with E-state index in [4.69, 9.17) is 9.47 Å². The zero-order valence-corrected chi connectivity index (χ0v) is 14.9. The molecule has 0 saturated carbocycles. The van der Waals surface area contributed by atoms with E-state index in [-0.39, 0.29) is 12.4 Å². The molecule has 1 N–H and O–H groups in total. The standard InChI is InChI=1S/C17H14BrF2NO5/c18-11-2-1-3-14(8-11)24-10-16(23)25-9-15(22)21-12-4-6-13(7-5-12)26-17(19)20/h1-8,17H,9-10H2,(H,21,22). The maximum atomic E-state index is 12.0. The number of rotatable bonds is 8. The van der Waals surface area contributed by atoms with Crippen molar-refractivity contribution in [3.8, 4) is 11.5 Å². The van der Waals surface area contributed by atoms with Crippen molar-refractivity contribution < 1.29 is 32.6 Å². The average Bonchev–Trinajstić information content (AvgIpc) is 2.59. The second-order valence-electron chi connectivity index (χ2n) is 4.86. The topological polar surface area (TPSA) is 73.9 Å². The van der Waals surface area contributed by atoms with Gasteiger partial charge in [0.25, 0.3) is 5.91 Å². The van der Waals surface area contributed by atoms with Gasteiger partial charge in [0.05, 0.1) is 0 Å². The van der Waals surface area contributed by atoms with Crippen LogP contribution in [0, 0.1) is 0 Å². The maximum Gasteiger partial charge on any atom is 0.387 e. The van der Waals surface area contributed by atoms with Crippen molar-refractivity contribution in [3.63, 3.8) is 0 Å². The zero-order valence-electron chi connectivity index (χ0n) is 13.3. The van der Waals surface area contributed by atoms with Crippen molar-refractivity contribution in [1.29, 1.82) is 0 Å². The summed E-state index contributed by atoms with van der Waals surface area (Å²) in [5, 5.41) is 2.45. The predicted molar refractivity (Wildman–Crippen MR) is 92.3 cm³/mol. The van der Waals surface area contributed by atoms with Crippen molar-refractivity contribution in [3.05, 3.63) is 53.0 Å². The highest BCUT2D eigenvalue weighted by atomic mass is 79.9. The monoisotopic (exact) mass is 429 g/mol. The first kappa shape index (κ1) is 19.6. The number of ether oxygens (including phenoxy) is 3. The summed E-state index contributed by atoms with van der Waals surface area (Å²) in [7, 11) is 0. The Morgan fingerprint density at radius 3 is 2.42 bits per heavy atom. The summed E-state index contributed by atoms with van der Waals surface area (Å²) >= 11 is 3.27. The normalized spacial score (nSPS) is 10.3. The van der Waals surface area contributed by atoms with Crippen LogP contribution in [0.3, 0.4) is 0 Å². The first-order chi connectivity index (χ1) is 12.4. The highest BCUT2D eigenvalue weighted by Crippen LogP contribution is 2.18. The third kappa shape index (κ3) is 7.06. The zero-order chi connectivity index (χ0) is 18.9. The van der Waals surface area contributed by atoms with Crippen LogP contribution in [0.15, 0.2) is 53.0 Å². The number of esters is 1. The Bertz CT molecular complexity index is 755. The third-order valence-electron chi connectivity index (χ3n) is 2.88. The molecule has 0 aliphatic rings. The lowest BCUT2D eigenvalue weighted by Crippen LogP contribution is -2.23. The number of carbonyl (C=O) groups is 2.